The second-order valence-corrected chi connectivity index (χ2v) is 4.67. The molecule has 1 aromatic rings. The van der Waals surface area contributed by atoms with E-state index < -0.39 is 0 Å². The summed E-state index contributed by atoms with van der Waals surface area (Å²) in [6.45, 7) is 4.02. The van der Waals surface area contributed by atoms with Gasteiger partial charge in [0.1, 0.15) is 0 Å². The highest BCUT2D eigenvalue weighted by atomic mass is 35.5. The van der Waals surface area contributed by atoms with Gasteiger partial charge in [0.05, 0.1) is 0 Å². The van der Waals surface area contributed by atoms with Crippen LogP contribution in [0.3, 0.4) is 0 Å². The van der Waals surface area contributed by atoms with Crippen molar-refractivity contribution in [2.45, 2.75) is 19.9 Å². The van der Waals surface area contributed by atoms with Crippen molar-refractivity contribution in [1.29, 1.82) is 0 Å². The molecule has 18 heavy (non-hydrogen) atoms. The lowest BCUT2D eigenvalue weighted by Crippen LogP contribution is -2.20. The largest absolute Gasteiger partial charge is 0.326 e. The standard InChI is InChI=1S/C13H16Cl2N2O/c1-9(16-8-12(15)7-14)11-4-3-5-13(6-11)17-10(2)18/h3-7,9,16H,8H2,1-2H3,(H,17,18). The van der Waals surface area contributed by atoms with Crippen molar-refractivity contribution in [1.82, 2.24) is 5.32 Å². The van der Waals surface area contributed by atoms with Crippen LogP contribution < -0.4 is 10.6 Å². The molecule has 98 valence electrons. The Bertz CT molecular complexity index is 446. The van der Waals surface area contributed by atoms with Crippen LogP contribution in [0.1, 0.15) is 25.5 Å². The summed E-state index contributed by atoms with van der Waals surface area (Å²) in [4.78, 5) is 11.0. The molecule has 0 bridgehead atoms. The Kier molecular flexibility index (Phi) is 6.19. The summed E-state index contributed by atoms with van der Waals surface area (Å²) in [5.74, 6) is -0.0825. The quantitative estimate of drug-likeness (QED) is 0.868. The Labute approximate surface area is 117 Å². The molecule has 0 aliphatic heterocycles. The van der Waals surface area contributed by atoms with Gasteiger partial charge in [0.2, 0.25) is 5.91 Å². The summed E-state index contributed by atoms with van der Waals surface area (Å²) < 4.78 is 0. The van der Waals surface area contributed by atoms with Crippen molar-refractivity contribution < 1.29 is 4.79 Å². The summed E-state index contributed by atoms with van der Waals surface area (Å²) in [7, 11) is 0. The molecule has 1 atom stereocenters. The third-order valence-corrected chi connectivity index (χ3v) is 3.02. The normalized spacial score (nSPS) is 13.2. The summed E-state index contributed by atoms with van der Waals surface area (Å²) >= 11 is 11.3. The molecule has 0 spiro atoms. The van der Waals surface area contributed by atoms with Gasteiger partial charge in [-0.3, -0.25) is 4.79 Å². The first-order valence-electron chi connectivity index (χ1n) is 5.58. The number of amides is 1. The maximum atomic E-state index is 11.0. The third kappa shape index (κ3) is 5.08. The van der Waals surface area contributed by atoms with Crippen LogP contribution >= 0.6 is 23.2 Å². The van der Waals surface area contributed by atoms with Gasteiger partial charge < -0.3 is 10.6 Å². The van der Waals surface area contributed by atoms with Crippen molar-refractivity contribution in [3.8, 4) is 0 Å². The van der Waals surface area contributed by atoms with Gasteiger partial charge >= 0.3 is 0 Å². The smallest absolute Gasteiger partial charge is 0.221 e. The Balaban J connectivity index is 2.67. The van der Waals surface area contributed by atoms with Crippen LogP contribution in [0.15, 0.2) is 34.8 Å². The van der Waals surface area contributed by atoms with Crippen LogP contribution in [0.25, 0.3) is 0 Å². The van der Waals surface area contributed by atoms with E-state index in [0.717, 1.165) is 11.3 Å². The number of halogens is 2. The summed E-state index contributed by atoms with van der Waals surface area (Å²) in [6, 6.07) is 7.78. The second-order valence-electron chi connectivity index (χ2n) is 3.97. The zero-order valence-corrected chi connectivity index (χ0v) is 11.8. The molecule has 3 nitrogen and oxygen atoms in total. The highest BCUT2D eigenvalue weighted by Gasteiger charge is 2.06. The molecule has 0 aliphatic carbocycles. The van der Waals surface area contributed by atoms with E-state index in [0.29, 0.717) is 11.6 Å². The first-order chi connectivity index (χ1) is 8.52. The summed E-state index contributed by atoms with van der Waals surface area (Å²) in [6.07, 6.45) is 0. The average Bonchev–Trinajstić information content (AvgIpc) is 2.35. The van der Waals surface area contributed by atoms with Gasteiger partial charge in [0, 0.05) is 35.8 Å². The number of nitrogens with one attached hydrogen (secondary N) is 2. The molecule has 0 heterocycles. The fourth-order valence-corrected chi connectivity index (χ4v) is 1.65. The fourth-order valence-electron chi connectivity index (χ4n) is 1.50. The van der Waals surface area contributed by atoms with Crippen molar-refractivity contribution in [3.05, 3.63) is 40.4 Å². The van der Waals surface area contributed by atoms with Crippen LogP contribution in [0, 0.1) is 0 Å². The third-order valence-electron chi connectivity index (χ3n) is 2.40. The van der Waals surface area contributed by atoms with Crippen molar-refractivity contribution in [2.24, 2.45) is 0 Å². The first-order valence-corrected chi connectivity index (χ1v) is 6.40. The molecular formula is C13H16Cl2N2O. The molecular weight excluding hydrogens is 271 g/mol. The average molecular weight is 287 g/mol. The number of hydrogen-bond acceptors (Lipinski definition) is 2. The molecule has 0 radical (unpaired) electrons. The molecule has 0 fully saturated rings. The lowest BCUT2D eigenvalue weighted by molar-refractivity contribution is -0.114. The van der Waals surface area contributed by atoms with Gasteiger partial charge in [0.15, 0.2) is 0 Å². The highest BCUT2D eigenvalue weighted by molar-refractivity contribution is 6.36. The summed E-state index contributed by atoms with van der Waals surface area (Å²) in [5.41, 5.74) is 3.20. The molecule has 1 aromatic carbocycles. The topological polar surface area (TPSA) is 41.1 Å². The molecule has 0 saturated carbocycles. The van der Waals surface area contributed by atoms with E-state index in [4.69, 9.17) is 23.2 Å². The Morgan fingerprint density at radius 2 is 2.22 bits per heavy atom. The Hall–Kier alpha value is -1.03. The zero-order chi connectivity index (χ0) is 13.5. The monoisotopic (exact) mass is 286 g/mol. The van der Waals surface area contributed by atoms with E-state index in [2.05, 4.69) is 10.6 Å². The minimum Gasteiger partial charge on any atom is -0.326 e. The van der Waals surface area contributed by atoms with Gasteiger partial charge in [-0.15, -0.1) is 0 Å². The molecule has 1 unspecified atom stereocenters. The van der Waals surface area contributed by atoms with Gasteiger partial charge in [-0.05, 0) is 24.6 Å². The lowest BCUT2D eigenvalue weighted by atomic mass is 10.1. The SMILES string of the molecule is CC(=O)Nc1cccc(C(C)NCC(Cl)=CCl)c1. The van der Waals surface area contributed by atoms with E-state index in [-0.39, 0.29) is 11.9 Å². The molecule has 1 rings (SSSR count). The highest BCUT2D eigenvalue weighted by Crippen LogP contribution is 2.18. The molecule has 0 saturated heterocycles. The molecule has 0 aliphatic rings. The molecule has 0 aromatic heterocycles. The Morgan fingerprint density at radius 3 is 2.83 bits per heavy atom. The minimum absolute atomic E-state index is 0.0825. The number of carbonyl (C=O) groups is 1. The van der Waals surface area contributed by atoms with Crippen LogP contribution in [-0.2, 0) is 4.79 Å². The van der Waals surface area contributed by atoms with E-state index >= 15 is 0 Å². The predicted molar refractivity (Wildman–Crippen MR) is 77.0 cm³/mol. The number of anilines is 1. The van der Waals surface area contributed by atoms with Crippen LogP contribution in [0.5, 0.6) is 0 Å². The maximum Gasteiger partial charge on any atom is 0.221 e. The van der Waals surface area contributed by atoms with Gasteiger partial charge in [-0.2, -0.15) is 0 Å². The van der Waals surface area contributed by atoms with Gasteiger partial charge in [-0.25, -0.2) is 0 Å². The second kappa shape index (κ2) is 7.41. The van der Waals surface area contributed by atoms with E-state index in [1.807, 2.05) is 31.2 Å². The number of benzene rings is 1. The van der Waals surface area contributed by atoms with E-state index in [1.165, 1.54) is 12.5 Å². The zero-order valence-electron chi connectivity index (χ0n) is 10.3. The van der Waals surface area contributed by atoms with Crippen LogP contribution in [0.4, 0.5) is 5.69 Å². The lowest BCUT2D eigenvalue weighted by Gasteiger charge is -2.15. The van der Waals surface area contributed by atoms with Crippen molar-refractivity contribution in [3.63, 3.8) is 0 Å². The predicted octanol–water partition coefficient (Wildman–Crippen LogP) is 3.61. The first kappa shape index (κ1) is 15.0. The van der Waals surface area contributed by atoms with Gasteiger partial charge in [0.25, 0.3) is 0 Å². The number of hydrogen-bond donors (Lipinski definition) is 2. The van der Waals surface area contributed by atoms with E-state index in [1.54, 1.807) is 0 Å². The Morgan fingerprint density at radius 1 is 1.50 bits per heavy atom. The number of rotatable bonds is 5. The van der Waals surface area contributed by atoms with Crippen molar-refractivity contribution in [2.75, 3.05) is 11.9 Å². The maximum absolute atomic E-state index is 11.0. The van der Waals surface area contributed by atoms with E-state index in [9.17, 15) is 4.79 Å². The van der Waals surface area contributed by atoms with Crippen LogP contribution in [0.2, 0.25) is 0 Å². The van der Waals surface area contributed by atoms with Gasteiger partial charge in [-0.1, -0.05) is 35.3 Å². The summed E-state index contributed by atoms with van der Waals surface area (Å²) in [5, 5.41) is 6.54. The number of carbonyl (C=O) groups excluding carboxylic acids is 1. The fraction of sp³-hybridized carbons (Fsp3) is 0.308. The molecule has 1 amide bonds. The molecule has 5 heteroatoms. The minimum atomic E-state index is -0.0825. The van der Waals surface area contributed by atoms with Crippen molar-refractivity contribution >= 4 is 34.8 Å². The molecule has 2 N–H and O–H groups in total. The van der Waals surface area contributed by atoms with Crippen LogP contribution in [-0.4, -0.2) is 12.5 Å².